The van der Waals surface area contributed by atoms with Crippen molar-refractivity contribution in [2.45, 2.75) is 0 Å². The molecule has 1 heterocycles. The first-order valence-electron chi connectivity index (χ1n) is 6.16. The van der Waals surface area contributed by atoms with Crippen LogP contribution in [-0.4, -0.2) is 50.3 Å². The van der Waals surface area contributed by atoms with Gasteiger partial charge in [-0.2, -0.15) is 0 Å². The zero-order chi connectivity index (χ0) is 13.7. The lowest BCUT2D eigenvalue weighted by atomic mass is 10.3. The summed E-state index contributed by atoms with van der Waals surface area (Å²) in [6, 6.07) is 5.76. The van der Waals surface area contributed by atoms with Crippen LogP contribution in [0.1, 0.15) is 0 Å². The maximum atomic E-state index is 5.96. The molecule has 19 heavy (non-hydrogen) atoms. The summed E-state index contributed by atoms with van der Waals surface area (Å²) in [7, 11) is 3.80. The molecule has 0 unspecified atom stereocenters. The predicted octanol–water partition coefficient (Wildman–Crippen LogP) is 2.94. The van der Waals surface area contributed by atoms with Gasteiger partial charge in [0.2, 0.25) is 0 Å². The summed E-state index contributed by atoms with van der Waals surface area (Å²) in [6.07, 6.45) is 0. The third kappa shape index (κ3) is 4.31. The van der Waals surface area contributed by atoms with Crippen LogP contribution in [0, 0.1) is 0 Å². The maximum absolute atomic E-state index is 5.96. The van der Waals surface area contributed by atoms with E-state index in [1.54, 1.807) is 18.4 Å². The minimum atomic E-state index is 0.752. The molecule has 0 saturated carbocycles. The highest BCUT2D eigenvalue weighted by Gasteiger charge is 2.04. The minimum Gasteiger partial charge on any atom is -0.383 e. The summed E-state index contributed by atoms with van der Waals surface area (Å²) in [5.41, 5.74) is 0.990. The molecule has 0 aliphatic carbocycles. The molecule has 1 aromatic heterocycles. The lowest BCUT2D eigenvalue weighted by molar-refractivity contribution is 0.163. The molecule has 0 bridgehead atoms. The number of aromatic nitrogens is 1. The van der Waals surface area contributed by atoms with Crippen molar-refractivity contribution in [2.24, 2.45) is 0 Å². The van der Waals surface area contributed by atoms with Crippen LogP contribution in [0.15, 0.2) is 18.2 Å². The smallest absolute Gasteiger partial charge is 0.183 e. The van der Waals surface area contributed by atoms with Crippen LogP contribution in [0.25, 0.3) is 10.2 Å². The van der Waals surface area contributed by atoms with Crippen molar-refractivity contribution >= 4 is 38.3 Å². The molecular formula is C13H18ClN3OS. The highest BCUT2D eigenvalue weighted by molar-refractivity contribution is 7.22. The van der Waals surface area contributed by atoms with Crippen molar-refractivity contribution < 1.29 is 4.74 Å². The van der Waals surface area contributed by atoms with E-state index in [0.29, 0.717) is 0 Å². The number of hydrogen-bond acceptors (Lipinski definition) is 5. The average Bonchev–Trinajstić information content (AvgIpc) is 2.78. The lowest BCUT2D eigenvalue weighted by Crippen LogP contribution is -2.28. The Balaban J connectivity index is 1.84. The second-order valence-corrected chi connectivity index (χ2v) is 5.82. The molecule has 0 radical (unpaired) electrons. The van der Waals surface area contributed by atoms with Crippen LogP contribution in [-0.2, 0) is 4.74 Å². The Morgan fingerprint density at radius 3 is 3.05 bits per heavy atom. The molecule has 0 saturated heterocycles. The summed E-state index contributed by atoms with van der Waals surface area (Å²) in [5.74, 6) is 0. The van der Waals surface area contributed by atoms with Crippen LogP contribution in [0.4, 0.5) is 5.13 Å². The fourth-order valence-electron chi connectivity index (χ4n) is 1.69. The Hall–Kier alpha value is -0.880. The van der Waals surface area contributed by atoms with Crippen LogP contribution in [0.2, 0.25) is 5.02 Å². The second-order valence-electron chi connectivity index (χ2n) is 4.35. The normalized spacial score (nSPS) is 11.4. The molecule has 0 atom stereocenters. The number of hydrogen-bond donors (Lipinski definition) is 1. The van der Waals surface area contributed by atoms with E-state index in [0.717, 1.165) is 46.6 Å². The van der Waals surface area contributed by atoms with E-state index in [4.69, 9.17) is 16.3 Å². The van der Waals surface area contributed by atoms with Crippen molar-refractivity contribution in [3.8, 4) is 0 Å². The second kappa shape index (κ2) is 7.05. The van der Waals surface area contributed by atoms with Crippen LogP contribution in [0.5, 0.6) is 0 Å². The van der Waals surface area contributed by atoms with Crippen LogP contribution >= 0.6 is 22.9 Å². The Morgan fingerprint density at radius 2 is 2.26 bits per heavy atom. The van der Waals surface area contributed by atoms with E-state index in [1.807, 2.05) is 18.2 Å². The van der Waals surface area contributed by atoms with E-state index < -0.39 is 0 Å². The number of nitrogens with one attached hydrogen (secondary N) is 1. The third-order valence-electron chi connectivity index (χ3n) is 2.80. The van der Waals surface area contributed by atoms with E-state index in [1.165, 1.54) is 0 Å². The van der Waals surface area contributed by atoms with Crippen molar-refractivity contribution in [3.63, 3.8) is 0 Å². The van der Waals surface area contributed by atoms with E-state index in [-0.39, 0.29) is 0 Å². The van der Waals surface area contributed by atoms with Gasteiger partial charge in [0.15, 0.2) is 5.13 Å². The van der Waals surface area contributed by atoms with Crippen molar-refractivity contribution in [1.29, 1.82) is 0 Å². The molecule has 104 valence electrons. The quantitative estimate of drug-likeness (QED) is 0.853. The number of rotatable bonds is 7. The van der Waals surface area contributed by atoms with E-state index in [9.17, 15) is 0 Å². The van der Waals surface area contributed by atoms with Crippen molar-refractivity contribution in [3.05, 3.63) is 23.2 Å². The first-order valence-corrected chi connectivity index (χ1v) is 7.36. The first-order chi connectivity index (χ1) is 9.19. The number of likely N-dealkylation sites (N-methyl/N-ethyl adjacent to an activating group) is 1. The number of anilines is 1. The zero-order valence-corrected chi connectivity index (χ0v) is 12.7. The fourth-order valence-corrected chi connectivity index (χ4v) is 2.85. The maximum Gasteiger partial charge on any atom is 0.183 e. The van der Waals surface area contributed by atoms with Crippen molar-refractivity contribution in [1.82, 2.24) is 9.88 Å². The lowest BCUT2D eigenvalue weighted by Gasteiger charge is -2.15. The molecule has 1 N–H and O–H groups in total. The summed E-state index contributed by atoms with van der Waals surface area (Å²) in [4.78, 5) is 6.74. The minimum absolute atomic E-state index is 0.752. The van der Waals surface area contributed by atoms with Crippen LogP contribution < -0.4 is 5.32 Å². The van der Waals surface area contributed by atoms with Gasteiger partial charge in [0, 0.05) is 31.8 Å². The average molecular weight is 300 g/mol. The number of thiazole rings is 1. The predicted molar refractivity (Wildman–Crippen MR) is 82.5 cm³/mol. The number of nitrogens with zero attached hydrogens (tertiary/aromatic N) is 2. The topological polar surface area (TPSA) is 37.4 Å². The molecule has 6 heteroatoms. The van der Waals surface area contributed by atoms with Gasteiger partial charge >= 0.3 is 0 Å². The molecular weight excluding hydrogens is 282 g/mol. The van der Waals surface area contributed by atoms with Gasteiger partial charge in [-0.3, -0.25) is 0 Å². The Kier molecular flexibility index (Phi) is 5.39. The number of methoxy groups -OCH3 is 1. The Labute approximate surface area is 122 Å². The van der Waals surface area contributed by atoms with E-state index >= 15 is 0 Å². The molecule has 0 amide bonds. The standard InChI is InChI=1S/C13H18ClN3OS/c1-17(7-8-18-2)6-5-15-13-16-11-4-3-10(14)9-12(11)19-13/h3-4,9H,5-8H2,1-2H3,(H,15,16). The molecule has 0 spiro atoms. The molecule has 2 aromatic rings. The zero-order valence-electron chi connectivity index (χ0n) is 11.1. The number of halogens is 1. The molecule has 2 rings (SSSR count). The number of fused-ring (bicyclic) bond motifs is 1. The monoisotopic (exact) mass is 299 g/mol. The number of ether oxygens (including phenoxy) is 1. The van der Waals surface area contributed by atoms with Crippen LogP contribution in [0.3, 0.4) is 0 Å². The van der Waals surface area contributed by atoms with Gasteiger partial charge in [-0.05, 0) is 25.2 Å². The van der Waals surface area contributed by atoms with Crippen molar-refractivity contribution in [2.75, 3.05) is 45.7 Å². The molecule has 1 aromatic carbocycles. The van der Waals surface area contributed by atoms with Gasteiger partial charge < -0.3 is 15.0 Å². The van der Waals surface area contributed by atoms with E-state index in [2.05, 4.69) is 22.2 Å². The third-order valence-corrected chi connectivity index (χ3v) is 4.01. The number of benzene rings is 1. The van der Waals surface area contributed by atoms with Gasteiger partial charge in [0.25, 0.3) is 0 Å². The SMILES string of the molecule is COCCN(C)CCNc1nc2ccc(Cl)cc2s1. The summed E-state index contributed by atoms with van der Waals surface area (Å²) in [6.45, 7) is 3.53. The summed E-state index contributed by atoms with van der Waals surface area (Å²) in [5, 5.41) is 5.04. The highest BCUT2D eigenvalue weighted by atomic mass is 35.5. The molecule has 0 aliphatic rings. The van der Waals surface area contributed by atoms with Gasteiger partial charge in [-0.15, -0.1) is 0 Å². The Morgan fingerprint density at radius 1 is 1.42 bits per heavy atom. The molecule has 0 aliphatic heterocycles. The molecule has 0 fully saturated rings. The van der Waals surface area contributed by atoms with Gasteiger partial charge in [-0.25, -0.2) is 4.98 Å². The fraction of sp³-hybridized carbons (Fsp3) is 0.462. The summed E-state index contributed by atoms with van der Waals surface area (Å²) >= 11 is 7.59. The first kappa shape index (κ1) is 14.5. The summed E-state index contributed by atoms with van der Waals surface area (Å²) < 4.78 is 6.16. The van der Waals surface area contributed by atoms with Gasteiger partial charge in [0.05, 0.1) is 16.8 Å². The largest absolute Gasteiger partial charge is 0.383 e. The Bertz CT molecular complexity index is 532. The molecule has 4 nitrogen and oxygen atoms in total. The highest BCUT2D eigenvalue weighted by Crippen LogP contribution is 2.27. The van der Waals surface area contributed by atoms with Gasteiger partial charge in [0.1, 0.15) is 0 Å². The van der Waals surface area contributed by atoms with Gasteiger partial charge in [-0.1, -0.05) is 22.9 Å².